The van der Waals surface area contributed by atoms with Crippen molar-refractivity contribution >= 4 is 15.7 Å². The molecule has 0 spiro atoms. The molecule has 0 aliphatic heterocycles. The molecule has 26 heavy (non-hydrogen) atoms. The largest absolute Gasteiger partial charge is 4.00 e. The van der Waals surface area contributed by atoms with Crippen LogP contribution in [0.4, 0.5) is 0 Å². The van der Waals surface area contributed by atoms with Crippen LogP contribution in [0.1, 0.15) is 22.3 Å². The number of halogens is 2. The third kappa shape index (κ3) is 7.00. The van der Waals surface area contributed by atoms with Crippen molar-refractivity contribution in [2.75, 3.05) is 0 Å². The first-order valence-corrected chi connectivity index (χ1v) is 8.57. The van der Waals surface area contributed by atoms with Gasteiger partial charge in [-0.25, -0.2) is 12.1 Å². The van der Waals surface area contributed by atoms with Crippen LogP contribution in [-0.4, -0.2) is 13.8 Å². The van der Waals surface area contributed by atoms with E-state index in [0.29, 0.717) is 0 Å². The van der Waals surface area contributed by atoms with E-state index < -0.39 is 10.3 Å². The molecule has 0 amide bonds. The zero-order chi connectivity index (χ0) is 16.8. The average molecular weight is 487 g/mol. The SMILES string of the molecule is Cc1c(C)c(-c2ccccc2)[c-](C=S(=O)=O)c1C.[Cl-].[Cl-].[Zr+4].c1cc[cH-]c1. The fraction of sp³-hybridized carbons (Fsp3) is 0.150. The van der Waals surface area contributed by atoms with Gasteiger partial charge in [-0.1, -0.05) is 62.2 Å². The summed E-state index contributed by atoms with van der Waals surface area (Å²) in [5, 5.41) is 1.30. The van der Waals surface area contributed by atoms with Crippen LogP contribution in [-0.2, 0) is 36.5 Å². The summed E-state index contributed by atoms with van der Waals surface area (Å²) in [6.07, 6.45) is 0. The molecule has 0 atom stereocenters. The molecule has 0 N–H and O–H groups in total. The molecule has 0 bridgehead atoms. The van der Waals surface area contributed by atoms with Crippen LogP contribution in [0.15, 0.2) is 60.7 Å². The summed E-state index contributed by atoms with van der Waals surface area (Å²) < 4.78 is 21.9. The molecule has 2 nitrogen and oxygen atoms in total. The van der Waals surface area contributed by atoms with Gasteiger partial charge in [0.25, 0.3) is 0 Å². The van der Waals surface area contributed by atoms with Crippen molar-refractivity contribution in [1.29, 1.82) is 0 Å². The van der Waals surface area contributed by atoms with Crippen molar-refractivity contribution < 1.29 is 59.4 Å². The monoisotopic (exact) mass is 484 g/mol. The van der Waals surface area contributed by atoms with Gasteiger partial charge in [0.15, 0.2) is 0 Å². The smallest absolute Gasteiger partial charge is 1.00 e. The van der Waals surface area contributed by atoms with E-state index in [2.05, 4.69) is 0 Å². The topological polar surface area (TPSA) is 34.1 Å². The normalized spacial score (nSPS) is 8.73. The van der Waals surface area contributed by atoms with Crippen LogP contribution in [0.3, 0.4) is 0 Å². The quantitative estimate of drug-likeness (QED) is 0.325. The Labute approximate surface area is 188 Å². The van der Waals surface area contributed by atoms with Gasteiger partial charge in [0.2, 0.25) is 10.3 Å². The van der Waals surface area contributed by atoms with Gasteiger partial charge >= 0.3 is 26.2 Å². The van der Waals surface area contributed by atoms with Crippen LogP contribution in [0.2, 0.25) is 0 Å². The van der Waals surface area contributed by atoms with E-state index in [9.17, 15) is 8.42 Å². The summed E-state index contributed by atoms with van der Waals surface area (Å²) in [6.45, 7) is 6.03. The zero-order valence-corrected chi connectivity index (χ0v) is 19.6. The maximum absolute atomic E-state index is 11.0. The maximum atomic E-state index is 11.0. The van der Waals surface area contributed by atoms with Gasteiger partial charge in [-0.2, -0.15) is 37.7 Å². The van der Waals surface area contributed by atoms with Crippen molar-refractivity contribution in [3.63, 3.8) is 0 Å². The Balaban J connectivity index is 0. The Morgan fingerprint density at radius 1 is 0.885 bits per heavy atom. The Morgan fingerprint density at radius 2 is 1.42 bits per heavy atom. The first-order chi connectivity index (χ1) is 11.0. The van der Waals surface area contributed by atoms with Gasteiger partial charge in [0.05, 0.1) is 0 Å². The molecule has 0 aliphatic carbocycles. The van der Waals surface area contributed by atoms with Gasteiger partial charge in [0, 0.05) is 5.37 Å². The van der Waals surface area contributed by atoms with Gasteiger partial charge in [-0.15, -0.1) is 11.1 Å². The summed E-state index contributed by atoms with van der Waals surface area (Å²) >= 11 is 0. The Kier molecular flexibility index (Phi) is 13.9. The fourth-order valence-corrected chi connectivity index (χ4v) is 3.09. The van der Waals surface area contributed by atoms with Crippen LogP contribution in [0, 0.1) is 20.8 Å². The Bertz CT molecular complexity index is 872. The van der Waals surface area contributed by atoms with Crippen LogP contribution in [0.25, 0.3) is 11.1 Å². The van der Waals surface area contributed by atoms with Gasteiger partial charge < -0.3 is 24.8 Å². The Hall–Kier alpha value is -0.927. The van der Waals surface area contributed by atoms with E-state index in [0.717, 1.165) is 33.4 Å². The van der Waals surface area contributed by atoms with E-state index in [4.69, 9.17) is 0 Å². The summed E-state index contributed by atoms with van der Waals surface area (Å²) in [4.78, 5) is 0. The molecular weight excluding hydrogens is 466 g/mol. The molecule has 0 aliphatic rings. The van der Waals surface area contributed by atoms with Crippen LogP contribution >= 0.6 is 0 Å². The molecule has 0 saturated carbocycles. The van der Waals surface area contributed by atoms with Crippen molar-refractivity contribution in [2.45, 2.75) is 20.8 Å². The van der Waals surface area contributed by atoms with E-state index >= 15 is 0 Å². The predicted molar refractivity (Wildman–Crippen MR) is 97.8 cm³/mol. The molecule has 0 heterocycles. The minimum absolute atomic E-state index is 0. The minimum atomic E-state index is -2.18. The number of hydrogen-bond donors (Lipinski definition) is 0. The van der Waals surface area contributed by atoms with E-state index in [1.165, 1.54) is 5.37 Å². The second-order valence-corrected chi connectivity index (χ2v) is 6.13. The second-order valence-electron chi connectivity index (χ2n) is 5.37. The molecule has 3 rings (SSSR count). The zero-order valence-electron chi connectivity index (χ0n) is 14.8. The molecule has 0 aromatic heterocycles. The Morgan fingerprint density at radius 3 is 1.85 bits per heavy atom. The average Bonchev–Trinajstić information content (AvgIpc) is 3.18. The maximum Gasteiger partial charge on any atom is 4.00 e. The molecule has 0 radical (unpaired) electrons. The molecular formula is C20H20Cl2O2SZr. The molecule has 0 fully saturated rings. The standard InChI is InChI=1S/C15H15O2S.C5H5.2ClH.Zr/c1-10-11(2)14(9-18(16)17)15(12(10)3)13-7-5-4-6-8-13;1-2-4-5-3-1;;;/h4-9H,1-3H3;1-5H;2*1H;/q2*-1;;;+4/p-2. The van der Waals surface area contributed by atoms with Gasteiger partial charge in [0.1, 0.15) is 0 Å². The van der Waals surface area contributed by atoms with Crippen molar-refractivity contribution in [1.82, 2.24) is 0 Å². The van der Waals surface area contributed by atoms with E-state index in [1.807, 2.05) is 81.4 Å². The number of benzene rings is 1. The van der Waals surface area contributed by atoms with Crippen molar-refractivity contribution in [3.05, 3.63) is 82.9 Å². The molecule has 3 aromatic carbocycles. The third-order valence-electron chi connectivity index (χ3n) is 4.01. The molecule has 3 aromatic rings. The summed E-state index contributed by atoms with van der Waals surface area (Å²) in [5.41, 5.74) is 6.23. The number of rotatable bonds is 2. The van der Waals surface area contributed by atoms with E-state index in [1.54, 1.807) is 0 Å². The van der Waals surface area contributed by atoms with Crippen molar-refractivity contribution in [3.8, 4) is 11.1 Å². The molecule has 136 valence electrons. The summed E-state index contributed by atoms with van der Waals surface area (Å²) in [6, 6.07) is 19.9. The fourth-order valence-electron chi connectivity index (χ4n) is 2.60. The molecule has 6 heteroatoms. The summed E-state index contributed by atoms with van der Waals surface area (Å²) in [5.74, 6) is 0. The first-order valence-electron chi connectivity index (χ1n) is 7.44. The predicted octanol–water partition coefficient (Wildman–Crippen LogP) is -1.56. The van der Waals surface area contributed by atoms with Crippen molar-refractivity contribution in [2.24, 2.45) is 0 Å². The van der Waals surface area contributed by atoms with Crippen LogP contribution < -0.4 is 24.8 Å². The molecule has 0 unspecified atom stereocenters. The van der Waals surface area contributed by atoms with Crippen LogP contribution in [0.5, 0.6) is 0 Å². The second kappa shape index (κ2) is 13.3. The van der Waals surface area contributed by atoms with Gasteiger partial charge in [-0.05, 0) is 0 Å². The third-order valence-corrected chi connectivity index (χ3v) is 4.43. The van der Waals surface area contributed by atoms with Gasteiger partial charge in [-0.3, -0.25) is 0 Å². The number of hydrogen-bond acceptors (Lipinski definition) is 2. The van der Waals surface area contributed by atoms with E-state index in [-0.39, 0.29) is 51.0 Å². The first kappa shape index (κ1) is 27.3. The molecule has 0 saturated heterocycles. The summed E-state index contributed by atoms with van der Waals surface area (Å²) in [7, 11) is -2.18. The minimum Gasteiger partial charge on any atom is -1.00 e.